The molecule has 0 fully saturated rings. The molecular formula is C39H78NO8P. The van der Waals surface area contributed by atoms with Crippen LogP contribution in [-0.4, -0.2) is 49.3 Å². The number of ether oxygens (including phenoxy) is 2. The van der Waals surface area contributed by atoms with Crippen molar-refractivity contribution in [3.05, 3.63) is 0 Å². The minimum atomic E-state index is -4.36. The molecule has 2 atom stereocenters. The molecule has 3 N–H and O–H groups in total. The Labute approximate surface area is 301 Å². The van der Waals surface area contributed by atoms with Gasteiger partial charge in [0.1, 0.15) is 6.61 Å². The Bertz CT molecular complexity index is 784. The van der Waals surface area contributed by atoms with Gasteiger partial charge >= 0.3 is 19.8 Å². The largest absolute Gasteiger partial charge is 0.472 e. The first-order chi connectivity index (χ1) is 23.8. The highest BCUT2D eigenvalue weighted by molar-refractivity contribution is 7.47. The summed E-state index contributed by atoms with van der Waals surface area (Å²) in [5.41, 5.74) is 5.34. The fraction of sp³-hybridized carbons (Fsp3) is 0.949. The van der Waals surface area contributed by atoms with Gasteiger partial charge in [-0.05, 0) is 12.8 Å². The second-order valence-corrected chi connectivity index (χ2v) is 15.3. The van der Waals surface area contributed by atoms with Gasteiger partial charge in [-0.15, -0.1) is 0 Å². The molecule has 0 aromatic heterocycles. The third-order valence-corrected chi connectivity index (χ3v) is 9.98. The van der Waals surface area contributed by atoms with Crippen LogP contribution in [0.25, 0.3) is 0 Å². The monoisotopic (exact) mass is 720 g/mol. The van der Waals surface area contributed by atoms with Gasteiger partial charge in [-0.1, -0.05) is 181 Å². The number of carbonyl (C=O) groups is 2. The normalized spacial score (nSPS) is 13.3. The number of rotatable bonds is 39. The summed E-state index contributed by atoms with van der Waals surface area (Å²) in [5.74, 6) is -0.816. The number of hydrogen-bond donors (Lipinski definition) is 2. The number of phosphoric ester groups is 1. The van der Waals surface area contributed by atoms with Crippen molar-refractivity contribution in [1.82, 2.24) is 0 Å². The predicted octanol–water partition coefficient (Wildman–Crippen LogP) is 11.3. The van der Waals surface area contributed by atoms with E-state index in [0.717, 1.165) is 32.1 Å². The highest BCUT2D eigenvalue weighted by atomic mass is 31.2. The second-order valence-electron chi connectivity index (χ2n) is 13.9. The molecule has 0 rings (SSSR count). The quantitative estimate of drug-likeness (QED) is 0.0361. The molecule has 0 amide bonds. The van der Waals surface area contributed by atoms with E-state index in [1.807, 2.05) is 0 Å². The van der Waals surface area contributed by atoms with E-state index in [2.05, 4.69) is 13.8 Å². The first-order valence-corrected chi connectivity index (χ1v) is 22.0. The van der Waals surface area contributed by atoms with E-state index in [9.17, 15) is 19.0 Å². The Morgan fingerprint density at radius 2 is 0.878 bits per heavy atom. The van der Waals surface area contributed by atoms with Gasteiger partial charge in [0.05, 0.1) is 13.2 Å². The second kappa shape index (κ2) is 36.8. The van der Waals surface area contributed by atoms with Crippen molar-refractivity contribution in [2.75, 3.05) is 26.4 Å². The van der Waals surface area contributed by atoms with E-state index in [0.29, 0.717) is 6.42 Å². The number of carbonyl (C=O) groups excluding carboxylic acids is 2. The van der Waals surface area contributed by atoms with Crippen molar-refractivity contribution in [2.45, 2.75) is 213 Å². The molecule has 0 aliphatic carbocycles. The smallest absolute Gasteiger partial charge is 0.462 e. The van der Waals surface area contributed by atoms with Gasteiger partial charge in [-0.2, -0.15) is 0 Å². The maximum Gasteiger partial charge on any atom is 0.472 e. The Balaban J connectivity index is 4.13. The van der Waals surface area contributed by atoms with Crippen molar-refractivity contribution >= 4 is 19.8 Å². The van der Waals surface area contributed by atoms with Crippen LogP contribution in [0.2, 0.25) is 0 Å². The van der Waals surface area contributed by atoms with Crippen LogP contribution in [0.1, 0.15) is 206 Å². The molecule has 292 valence electrons. The first kappa shape index (κ1) is 48.0. The van der Waals surface area contributed by atoms with Crippen LogP contribution in [0, 0.1) is 0 Å². The van der Waals surface area contributed by atoms with Crippen LogP contribution in [0.3, 0.4) is 0 Å². The zero-order chi connectivity index (χ0) is 36.1. The summed E-state index contributed by atoms with van der Waals surface area (Å²) in [5, 5.41) is 0. The zero-order valence-corrected chi connectivity index (χ0v) is 32.8. The minimum absolute atomic E-state index is 0.0579. The summed E-state index contributed by atoms with van der Waals surface area (Å²) >= 11 is 0. The molecule has 0 saturated heterocycles. The van der Waals surface area contributed by atoms with Crippen LogP contribution in [-0.2, 0) is 32.7 Å². The predicted molar refractivity (Wildman–Crippen MR) is 201 cm³/mol. The van der Waals surface area contributed by atoms with Gasteiger partial charge in [-0.25, -0.2) is 4.57 Å². The lowest BCUT2D eigenvalue weighted by Gasteiger charge is -2.19. The lowest BCUT2D eigenvalue weighted by Crippen LogP contribution is -2.29. The molecule has 0 radical (unpaired) electrons. The Morgan fingerprint density at radius 1 is 0.531 bits per heavy atom. The third kappa shape index (κ3) is 36.6. The van der Waals surface area contributed by atoms with Gasteiger partial charge in [0, 0.05) is 19.4 Å². The third-order valence-electron chi connectivity index (χ3n) is 8.99. The maximum absolute atomic E-state index is 12.5. The number of esters is 2. The summed E-state index contributed by atoms with van der Waals surface area (Å²) in [6.07, 6.45) is 34.1. The molecule has 0 aromatic carbocycles. The van der Waals surface area contributed by atoms with Gasteiger partial charge in [0.2, 0.25) is 0 Å². The van der Waals surface area contributed by atoms with Crippen molar-refractivity contribution in [2.24, 2.45) is 5.73 Å². The number of nitrogens with two attached hydrogens (primary N) is 1. The minimum Gasteiger partial charge on any atom is -0.462 e. The van der Waals surface area contributed by atoms with Gasteiger partial charge in [0.25, 0.3) is 0 Å². The highest BCUT2D eigenvalue weighted by Gasteiger charge is 2.26. The zero-order valence-electron chi connectivity index (χ0n) is 31.9. The number of unbranched alkanes of at least 4 members (excludes halogenated alkanes) is 26. The van der Waals surface area contributed by atoms with Crippen LogP contribution in [0.5, 0.6) is 0 Å². The Kier molecular flexibility index (Phi) is 36.0. The molecule has 9 nitrogen and oxygen atoms in total. The Morgan fingerprint density at radius 3 is 1.24 bits per heavy atom. The van der Waals surface area contributed by atoms with Crippen molar-refractivity contribution in [3.8, 4) is 0 Å². The standard InChI is InChI=1S/C39H78NO8P/c1-3-5-7-9-11-13-15-17-18-19-20-22-24-26-28-30-32-39(42)48-37(36-47-49(43,44)46-34-33-40)35-45-38(41)31-29-27-25-23-21-16-14-12-10-8-6-4-2/h37H,3-36,40H2,1-2H3,(H,43,44). The molecule has 2 unspecified atom stereocenters. The van der Waals surface area contributed by atoms with E-state index in [1.54, 1.807) is 0 Å². The lowest BCUT2D eigenvalue weighted by atomic mass is 10.0. The van der Waals surface area contributed by atoms with E-state index in [1.165, 1.54) is 141 Å². The Hall–Kier alpha value is -0.990. The van der Waals surface area contributed by atoms with Crippen LogP contribution in [0.15, 0.2) is 0 Å². The van der Waals surface area contributed by atoms with Gasteiger partial charge < -0.3 is 20.1 Å². The summed E-state index contributed by atoms with van der Waals surface area (Å²) in [6, 6.07) is 0. The molecule has 0 aliphatic heterocycles. The summed E-state index contributed by atoms with van der Waals surface area (Å²) < 4.78 is 32.7. The molecule has 49 heavy (non-hydrogen) atoms. The van der Waals surface area contributed by atoms with Gasteiger partial charge in [0.15, 0.2) is 6.10 Å². The average Bonchev–Trinajstić information content (AvgIpc) is 3.08. The van der Waals surface area contributed by atoms with E-state index >= 15 is 0 Å². The lowest BCUT2D eigenvalue weighted by molar-refractivity contribution is -0.161. The van der Waals surface area contributed by atoms with E-state index in [4.69, 9.17) is 24.3 Å². The molecule has 10 heteroatoms. The van der Waals surface area contributed by atoms with E-state index < -0.39 is 26.5 Å². The first-order valence-electron chi connectivity index (χ1n) is 20.5. The molecule has 0 saturated carbocycles. The molecule has 0 spiro atoms. The molecule has 0 heterocycles. The SMILES string of the molecule is CCCCCCCCCCCCCCCCCCC(=O)OC(COC(=O)CCCCCCCCCCCCCC)COP(=O)(O)OCCN. The average molecular weight is 720 g/mol. The van der Waals surface area contributed by atoms with E-state index in [-0.39, 0.29) is 38.6 Å². The van der Waals surface area contributed by atoms with Crippen LogP contribution >= 0.6 is 7.82 Å². The maximum atomic E-state index is 12.5. The summed E-state index contributed by atoms with van der Waals surface area (Å²) in [7, 11) is -4.36. The topological polar surface area (TPSA) is 134 Å². The number of phosphoric acid groups is 1. The summed E-state index contributed by atoms with van der Waals surface area (Å²) in [6.45, 7) is 3.75. The van der Waals surface area contributed by atoms with Gasteiger partial charge in [-0.3, -0.25) is 18.6 Å². The highest BCUT2D eigenvalue weighted by Crippen LogP contribution is 2.43. The summed E-state index contributed by atoms with van der Waals surface area (Å²) in [4.78, 5) is 34.7. The van der Waals surface area contributed by atoms with Crippen molar-refractivity contribution in [3.63, 3.8) is 0 Å². The fourth-order valence-corrected chi connectivity index (χ4v) is 6.69. The fourth-order valence-electron chi connectivity index (χ4n) is 5.93. The van der Waals surface area contributed by atoms with Crippen molar-refractivity contribution in [1.29, 1.82) is 0 Å². The molecular weight excluding hydrogens is 641 g/mol. The van der Waals surface area contributed by atoms with Crippen LogP contribution < -0.4 is 5.73 Å². The molecule has 0 aliphatic rings. The molecule has 0 aromatic rings. The van der Waals surface area contributed by atoms with Crippen LogP contribution in [0.4, 0.5) is 0 Å². The molecule has 0 bridgehead atoms. The number of hydrogen-bond acceptors (Lipinski definition) is 8. The van der Waals surface area contributed by atoms with Crippen molar-refractivity contribution < 1.29 is 37.6 Å².